The van der Waals surface area contributed by atoms with Crippen LogP contribution in [0, 0.1) is 0 Å². The van der Waals surface area contributed by atoms with E-state index in [4.69, 9.17) is 4.74 Å². The average Bonchev–Trinajstić information content (AvgIpc) is 1.99. The lowest BCUT2D eigenvalue weighted by Gasteiger charge is -2.07. The number of hydrogen-bond donors (Lipinski definition) is 0. The van der Waals surface area contributed by atoms with Crippen LogP contribution in [0.25, 0.3) is 0 Å². The third kappa shape index (κ3) is 3.41. The van der Waals surface area contributed by atoms with Gasteiger partial charge in [0, 0.05) is 13.5 Å². The molecule has 0 aromatic rings. The minimum absolute atomic E-state index is 0.136. The minimum atomic E-state index is 0.136. The van der Waals surface area contributed by atoms with E-state index in [0.29, 0.717) is 6.42 Å². The number of allylic oxidation sites excluding steroid dienone is 1. The summed E-state index contributed by atoms with van der Waals surface area (Å²) < 4.78 is 4.98. The molecule has 0 N–H and O–H groups in total. The van der Waals surface area contributed by atoms with Gasteiger partial charge in [0.2, 0.25) is 0 Å². The van der Waals surface area contributed by atoms with Gasteiger partial charge in [-0.2, -0.15) is 0 Å². The Morgan fingerprint density at radius 3 is 2.60 bits per heavy atom. The van der Waals surface area contributed by atoms with Crippen LogP contribution in [0.3, 0.4) is 0 Å². The lowest BCUT2D eigenvalue weighted by Crippen LogP contribution is -2.06. The Bertz CT molecular complexity index is 127. The average molecular weight is 142 g/mol. The van der Waals surface area contributed by atoms with Crippen LogP contribution in [0.2, 0.25) is 0 Å². The molecule has 10 heavy (non-hydrogen) atoms. The predicted octanol–water partition coefficient (Wildman–Crippen LogP) is 1.56. The number of carbonyl (C=O) groups excluding carboxylic acids is 1. The standard InChI is InChI=1S/C8H14O2/c1-4-8(6-9)5-7(2)10-3/h4,6-7H,5H2,1-3H3/b8-4-. The topological polar surface area (TPSA) is 26.3 Å². The Kier molecular flexibility index (Phi) is 4.85. The van der Waals surface area contributed by atoms with Crippen molar-refractivity contribution in [3.63, 3.8) is 0 Å². The van der Waals surface area contributed by atoms with Gasteiger partial charge in [0.15, 0.2) is 0 Å². The monoisotopic (exact) mass is 142 g/mol. The second-order valence-electron chi connectivity index (χ2n) is 2.23. The highest BCUT2D eigenvalue weighted by molar-refractivity contribution is 5.72. The zero-order valence-electron chi connectivity index (χ0n) is 6.76. The fourth-order valence-electron chi connectivity index (χ4n) is 0.649. The summed E-state index contributed by atoms with van der Waals surface area (Å²) in [4.78, 5) is 10.3. The summed E-state index contributed by atoms with van der Waals surface area (Å²) in [6.45, 7) is 3.79. The molecule has 0 aliphatic heterocycles. The number of aldehydes is 1. The first kappa shape index (κ1) is 9.37. The van der Waals surface area contributed by atoms with Gasteiger partial charge in [-0.3, -0.25) is 4.79 Å². The minimum Gasteiger partial charge on any atom is -0.381 e. The van der Waals surface area contributed by atoms with Crippen LogP contribution in [0.4, 0.5) is 0 Å². The molecule has 1 unspecified atom stereocenters. The van der Waals surface area contributed by atoms with Crippen molar-refractivity contribution < 1.29 is 9.53 Å². The van der Waals surface area contributed by atoms with E-state index in [2.05, 4.69) is 0 Å². The predicted molar refractivity (Wildman–Crippen MR) is 40.9 cm³/mol. The molecule has 0 saturated carbocycles. The maximum Gasteiger partial charge on any atom is 0.145 e. The van der Waals surface area contributed by atoms with Crippen LogP contribution in [-0.2, 0) is 9.53 Å². The zero-order chi connectivity index (χ0) is 7.98. The molecule has 0 radical (unpaired) electrons. The maximum atomic E-state index is 10.3. The second-order valence-corrected chi connectivity index (χ2v) is 2.23. The molecule has 0 fully saturated rings. The first-order valence-electron chi connectivity index (χ1n) is 3.37. The molecule has 0 heterocycles. The van der Waals surface area contributed by atoms with Gasteiger partial charge in [-0.1, -0.05) is 6.08 Å². The molecule has 0 aromatic carbocycles. The van der Waals surface area contributed by atoms with Gasteiger partial charge in [0.25, 0.3) is 0 Å². The van der Waals surface area contributed by atoms with Crippen molar-refractivity contribution in [1.29, 1.82) is 0 Å². The fourth-order valence-corrected chi connectivity index (χ4v) is 0.649. The Labute approximate surface area is 61.9 Å². The molecule has 1 atom stereocenters. The molecular weight excluding hydrogens is 128 g/mol. The molecule has 0 bridgehead atoms. The largest absolute Gasteiger partial charge is 0.381 e. The molecule has 0 spiro atoms. The summed E-state index contributed by atoms with van der Waals surface area (Å²) in [5.41, 5.74) is 0.800. The molecule has 2 nitrogen and oxygen atoms in total. The third-order valence-corrected chi connectivity index (χ3v) is 1.45. The van der Waals surface area contributed by atoms with Crippen molar-refractivity contribution >= 4 is 6.29 Å². The second kappa shape index (κ2) is 5.18. The zero-order valence-corrected chi connectivity index (χ0v) is 6.76. The molecule has 0 aliphatic carbocycles. The highest BCUT2D eigenvalue weighted by atomic mass is 16.5. The van der Waals surface area contributed by atoms with Gasteiger partial charge in [0.05, 0.1) is 6.10 Å². The lowest BCUT2D eigenvalue weighted by molar-refractivity contribution is -0.105. The quantitative estimate of drug-likeness (QED) is 0.440. The molecule has 2 heteroatoms. The molecule has 0 rings (SSSR count). The van der Waals surface area contributed by atoms with Crippen LogP contribution in [0.15, 0.2) is 11.6 Å². The van der Waals surface area contributed by atoms with Gasteiger partial charge in [-0.05, 0) is 19.4 Å². The van der Waals surface area contributed by atoms with E-state index in [1.807, 2.05) is 19.9 Å². The number of carbonyl (C=O) groups is 1. The highest BCUT2D eigenvalue weighted by Gasteiger charge is 2.01. The van der Waals surface area contributed by atoms with Crippen LogP contribution >= 0.6 is 0 Å². The lowest BCUT2D eigenvalue weighted by atomic mass is 10.1. The molecule has 0 amide bonds. The highest BCUT2D eigenvalue weighted by Crippen LogP contribution is 2.04. The van der Waals surface area contributed by atoms with Crippen molar-refractivity contribution in [3.05, 3.63) is 11.6 Å². The Morgan fingerprint density at radius 1 is 1.70 bits per heavy atom. The molecular formula is C8H14O2. The van der Waals surface area contributed by atoms with Gasteiger partial charge >= 0.3 is 0 Å². The Hall–Kier alpha value is -0.630. The van der Waals surface area contributed by atoms with E-state index in [9.17, 15) is 4.79 Å². The van der Waals surface area contributed by atoms with E-state index in [-0.39, 0.29) is 6.10 Å². The number of ether oxygens (including phenoxy) is 1. The molecule has 0 saturated heterocycles. The van der Waals surface area contributed by atoms with Crippen molar-refractivity contribution in [2.75, 3.05) is 7.11 Å². The van der Waals surface area contributed by atoms with Gasteiger partial charge in [0.1, 0.15) is 6.29 Å². The molecule has 0 aromatic heterocycles. The smallest absolute Gasteiger partial charge is 0.145 e. The summed E-state index contributed by atoms with van der Waals surface area (Å²) in [6.07, 6.45) is 3.52. The summed E-state index contributed by atoms with van der Waals surface area (Å²) >= 11 is 0. The van der Waals surface area contributed by atoms with Gasteiger partial charge in [-0.15, -0.1) is 0 Å². The normalized spacial score (nSPS) is 14.9. The van der Waals surface area contributed by atoms with Gasteiger partial charge < -0.3 is 4.74 Å². The van der Waals surface area contributed by atoms with Crippen LogP contribution in [-0.4, -0.2) is 19.5 Å². The SMILES string of the molecule is C/C=C(\C=O)CC(C)OC. The van der Waals surface area contributed by atoms with E-state index in [1.54, 1.807) is 7.11 Å². The first-order chi connectivity index (χ1) is 4.74. The van der Waals surface area contributed by atoms with E-state index in [0.717, 1.165) is 11.9 Å². The number of methoxy groups -OCH3 is 1. The third-order valence-electron chi connectivity index (χ3n) is 1.45. The van der Waals surface area contributed by atoms with E-state index >= 15 is 0 Å². The van der Waals surface area contributed by atoms with Crippen molar-refractivity contribution in [1.82, 2.24) is 0 Å². The van der Waals surface area contributed by atoms with Crippen molar-refractivity contribution in [2.45, 2.75) is 26.4 Å². The van der Waals surface area contributed by atoms with Crippen molar-refractivity contribution in [2.24, 2.45) is 0 Å². The van der Waals surface area contributed by atoms with Crippen LogP contribution in [0.5, 0.6) is 0 Å². The summed E-state index contributed by atoms with van der Waals surface area (Å²) in [5.74, 6) is 0. The first-order valence-corrected chi connectivity index (χ1v) is 3.37. The Balaban J connectivity index is 3.75. The molecule has 0 aliphatic rings. The summed E-state index contributed by atoms with van der Waals surface area (Å²) in [5, 5.41) is 0. The number of rotatable bonds is 4. The summed E-state index contributed by atoms with van der Waals surface area (Å²) in [6, 6.07) is 0. The fraction of sp³-hybridized carbons (Fsp3) is 0.625. The maximum absolute atomic E-state index is 10.3. The number of hydrogen-bond acceptors (Lipinski definition) is 2. The van der Waals surface area contributed by atoms with Crippen LogP contribution in [0.1, 0.15) is 20.3 Å². The van der Waals surface area contributed by atoms with E-state index < -0.39 is 0 Å². The van der Waals surface area contributed by atoms with Gasteiger partial charge in [-0.25, -0.2) is 0 Å². The molecule has 58 valence electrons. The Morgan fingerprint density at radius 2 is 2.30 bits per heavy atom. The van der Waals surface area contributed by atoms with E-state index in [1.165, 1.54) is 0 Å². The summed E-state index contributed by atoms with van der Waals surface area (Å²) in [7, 11) is 1.64. The van der Waals surface area contributed by atoms with Crippen molar-refractivity contribution in [3.8, 4) is 0 Å². The van der Waals surface area contributed by atoms with Crippen LogP contribution < -0.4 is 0 Å².